The van der Waals surface area contributed by atoms with E-state index in [1.807, 2.05) is 0 Å². The fraction of sp³-hybridized carbons (Fsp3) is 0.750. The van der Waals surface area contributed by atoms with Gasteiger partial charge < -0.3 is 24.9 Å². The molecule has 1 saturated heterocycles. The number of nitrogens with one attached hydrogen (secondary N) is 1. The topological polar surface area (TPSA) is 98.8 Å². The summed E-state index contributed by atoms with van der Waals surface area (Å²) >= 11 is 0. The Morgan fingerprint density at radius 1 is 1.42 bits per heavy atom. The first kappa shape index (κ1) is 15.3. The molecule has 2 amide bonds. The minimum Gasteiger partial charge on any atom is -0.530 e. The molecule has 1 fully saturated rings. The second-order valence-electron chi connectivity index (χ2n) is 4.40. The van der Waals surface area contributed by atoms with Crippen LogP contribution in [0.15, 0.2) is 0 Å². The minimum atomic E-state index is -1.25. The average molecular weight is 271 g/mol. The Morgan fingerprint density at radius 2 is 2.16 bits per heavy atom. The van der Waals surface area contributed by atoms with E-state index >= 15 is 0 Å². The van der Waals surface area contributed by atoms with E-state index < -0.39 is 6.09 Å². The summed E-state index contributed by atoms with van der Waals surface area (Å²) in [6, 6.07) is 0. The van der Waals surface area contributed by atoms with Crippen LogP contribution in [0, 0.1) is 5.92 Å². The summed E-state index contributed by atoms with van der Waals surface area (Å²) < 4.78 is 4.73. The number of hydrogen-bond acceptors (Lipinski definition) is 5. The molecule has 1 unspecified atom stereocenters. The number of likely N-dealkylation sites (tertiary alicyclic amines) is 1. The van der Waals surface area contributed by atoms with E-state index in [0.717, 1.165) is 4.90 Å². The molecule has 1 aliphatic rings. The van der Waals surface area contributed by atoms with E-state index in [0.29, 0.717) is 26.0 Å². The van der Waals surface area contributed by atoms with Gasteiger partial charge in [0.1, 0.15) is 6.09 Å². The number of amides is 2. The first-order valence-electron chi connectivity index (χ1n) is 6.43. The van der Waals surface area contributed by atoms with Gasteiger partial charge in [0, 0.05) is 19.6 Å². The van der Waals surface area contributed by atoms with Gasteiger partial charge in [0.05, 0.1) is 18.9 Å². The number of nitrogens with zero attached hydrogens (tertiary/aromatic N) is 1. The van der Waals surface area contributed by atoms with E-state index in [-0.39, 0.29) is 37.3 Å². The smallest absolute Gasteiger partial charge is 0.307 e. The quantitative estimate of drug-likeness (QED) is 0.654. The van der Waals surface area contributed by atoms with Gasteiger partial charge in [-0.25, -0.2) is 0 Å². The van der Waals surface area contributed by atoms with Crippen molar-refractivity contribution in [2.24, 2.45) is 5.92 Å². The molecular formula is C12H19N2O5-. The van der Waals surface area contributed by atoms with Crippen LogP contribution in [0.3, 0.4) is 0 Å². The Labute approximate surface area is 111 Å². The third kappa shape index (κ3) is 5.15. The predicted molar refractivity (Wildman–Crippen MR) is 64.0 cm³/mol. The average Bonchev–Trinajstić information content (AvgIpc) is 2.39. The van der Waals surface area contributed by atoms with Gasteiger partial charge in [-0.15, -0.1) is 0 Å². The number of rotatable bonds is 5. The summed E-state index contributed by atoms with van der Waals surface area (Å²) in [5.41, 5.74) is 0. The lowest BCUT2D eigenvalue weighted by Crippen LogP contribution is -2.49. The van der Waals surface area contributed by atoms with E-state index in [9.17, 15) is 19.5 Å². The standard InChI is InChI=1S/C12H20N2O5/c1-2-19-10(15)5-6-13-11(16)9-4-3-7-14(8-9)12(17)18/h9H,2-8H2,1H3,(H,13,16)(H,17,18)/p-1. The van der Waals surface area contributed by atoms with E-state index in [1.165, 1.54) is 0 Å². The van der Waals surface area contributed by atoms with Crippen molar-refractivity contribution < 1.29 is 24.2 Å². The van der Waals surface area contributed by atoms with Crippen LogP contribution in [0.4, 0.5) is 4.79 Å². The van der Waals surface area contributed by atoms with Crippen molar-refractivity contribution in [1.82, 2.24) is 10.2 Å². The summed E-state index contributed by atoms with van der Waals surface area (Å²) in [6.07, 6.45) is 0.166. The maximum atomic E-state index is 11.8. The van der Waals surface area contributed by atoms with E-state index in [4.69, 9.17) is 4.74 Å². The summed E-state index contributed by atoms with van der Waals surface area (Å²) in [5, 5.41) is 13.3. The third-order valence-electron chi connectivity index (χ3n) is 2.98. The van der Waals surface area contributed by atoms with Gasteiger partial charge in [0.15, 0.2) is 0 Å². The van der Waals surface area contributed by atoms with Crippen molar-refractivity contribution in [2.45, 2.75) is 26.2 Å². The largest absolute Gasteiger partial charge is 0.530 e. The van der Waals surface area contributed by atoms with Crippen molar-refractivity contribution in [1.29, 1.82) is 0 Å². The lowest BCUT2D eigenvalue weighted by molar-refractivity contribution is -0.266. The molecule has 0 spiro atoms. The van der Waals surface area contributed by atoms with Crippen molar-refractivity contribution in [3.8, 4) is 0 Å². The molecule has 1 atom stereocenters. The van der Waals surface area contributed by atoms with Crippen molar-refractivity contribution in [3.63, 3.8) is 0 Å². The SMILES string of the molecule is CCOC(=O)CCNC(=O)C1CCCN(C(=O)[O-])C1. The number of esters is 1. The van der Waals surface area contributed by atoms with Gasteiger partial charge in [-0.3, -0.25) is 9.59 Å². The number of ether oxygens (including phenoxy) is 1. The normalized spacial score (nSPS) is 18.8. The van der Waals surface area contributed by atoms with Crippen molar-refractivity contribution in [2.75, 3.05) is 26.2 Å². The number of hydrogen-bond donors (Lipinski definition) is 1. The molecule has 0 radical (unpaired) electrons. The highest BCUT2D eigenvalue weighted by molar-refractivity contribution is 5.80. The van der Waals surface area contributed by atoms with Crippen LogP contribution >= 0.6 is 0 Å². The van der Waals surface area contributed by atoms with Crippen LogP contribution in [0.5, 0.6) is 0 Å². The molecular weight excluding hydrogens is 252 g/mol. The molecule has 0 aromatic carbocycles. The van der Waals surface area contributed by atoms with Gasteiger partial charge in [-0.2, -0.15) is 0 Å². The number of carbonyl (C=O) groups excluding carboxylic acids is 3. The van der Waals surface area contributed by atoms with Crippen LogP contribution in [-0.2, 0) is 14.3 Å². The van der Waals surface area contributed by atoms with E-state index in [2.05, 4.69) is 5.32 Å². The number of piperidine rings is 1. The maximum absolute atomic E-state index is 11.8. The first-order valence-corrected chi connectivity index (χ1v) is 6.43. The van der Waals surface area contributed by atoms with Crippen LogP contribution < -0.4 is 10.4 Å². The molecule has 0 aliphatic carbocycles. The van der Waals surface area contributed by atoms with Crippen molar-refractivity contribution >= 4 is 18.0 Å². The van der Waals surface area contributed by atoms with E-state index in [1.54, 1.807) is 6.92 Å². The number of carboxylic acid groups (broad SMARTS) is 1. The molecule has 1 N–H and O–H groups in total. The van der Waals surface area contributed by atoms with Gasteiger partial charge in [-0.1, -0.05) is 0 Å². The zero-order valence-corrected chi connectivity index (χ0v) is 11.0. The van der Waals surface area contributed by atoms with Gasteiger partial charge in [-0.05, 0) is 19.8 Å². The molecule has 0 bridgehead atoms. The highest BCUT2D eigenvalue weighted by atomic mass is 16.5. The Hall–Kier alpha value is -1.79. The highest BCUT2D eigenvalue weighted by Gasteiger charge is 2.25. The fourth-order valence-corrected chi connectivity index (χ4v) is 2.02. The minimum absolute atomic E-state index is 0.122. The Balaban J connectivity index is 2.29. The van der Waals surface area contributed by atoms with Crippen LogP contribution in [0.2, 0.25) is 0 Å². The lowest BCUT2D eigenvalue weighted by atomic mass is 9.97. The molecule has 0 aromatic rings. The third-order valence-corrected chi connectivity index (χ3v) is 2.98. The summed E-state index contributed by atoms with van der Waals surface area (Å²) in [6.45, 7) is 2.81. The van der Waals surface area contributed by atoms with Crippen LogP contribution in [0.25, 0.3) is 0 Å². The monoisotopic (exact) mass is 271 g/mol. The summed E-state index contributed by atoms with van der Waals surface area (Å²) in [4.78, 5) is 34.7. The maximum Gasteiger partial charge on any atom is 0.307 e. The second-order valence-corrected chi connectivity index (χ2v) is 4.40. The highest BCUT2D eigenvalue weighted by Crippen LogP contribution is 2.16. The Bertz CT molecular complexity index is 345. The molecule has 19 heavy (non-hydrogen) atoms. The van der Waals surface area contributed by atoms with Crippen LogP contribution in [-0.4, -0.2) is 49.1 Å². The van der Waals surface area contributed by atoms with Crippen molar-refractivity contribution in [3.05, 3.63) is 0 Å². The predicted octanol–water partition coefficient (Wildman–Crippen LogP) is -0.889. The Kier molecular flexibility index (Phi) is 6.11. The molecule has 1 rings (SSSR count). The zero-order chi connectivity index (χ0) is 14.3. The molecule has 7 heteroatoms. The summed E-state index contributed by atoms with van der Waals surface area (Å²) in [5.74, 6) is -0.952. The second kappa shape index (κ2) is 7.60. The summed E-state index contributed by atoms with van der Waals surface area (Å²) in [7, 11) is 0. The molecule has 0 aromatic heterocycles. The lowest BCUT2D eigenvalue weighted by Gasteiger charge is -2.33. The van der Waals surface area contributed by atoms with Crippen LogP contribution in [0.1, 0.15) is 26.2 Å². The molecule has 7 nitrogen and oxygen atoms in total. The van der Waals surface area contributed by atoms with Gasteiger partial charge >= 0.3 is 5.97 Å². The zero-order valence-electron chi connectivity index (χ0n) is 11.0. The molecule has 108 valence electrons. The Morgan fingerprint density at radius 3 is 2.79 bits per heavy atom. The first-order chi connectivity index (χ1) is 9.04. The van der Waals surface area contributed by atoms with Gasteiger partial charge in [0.25, 0.3) is 0 Å². The number of carbonyl (C=O) groups is 3. The molecule has 1 heterocycles. The van der Waals surface area contributed by atoms with Gasteiger partial charge in [0.2, 0.25) is 5.91 Å². The fourth-order valence-electron chi connectivity index (χ4n) is 2.02. The molecule has 1 aliphatic heterocycles. The molecule has 0 saturated carbocycles.